The molecule has 4 N–H and O–H groups in total. The first-order chi connectivity index (χ1) is 3.00. The maximum absolute atomic E-state index is 8.88. The molecule has 46 valence electrons. The first kappa shape index (κ1) is 10.1. The number of hydrogen-bond acceptors (Lipinski definition) is 2. The Balaban J connectivity index is 0. The average molecular weight is 134 g/mol. The third-order valence-corrected chi connectivity index (χ3v) is 0. The molecule has 0 aliphatic rings. The molecule has 0 saturated heterocycles. The molecular weight excluding hydrogens is 130 g/mol. The van der Waals surface area contributed by atoms with Crippen molar-refractivity contribution >= 4 is 7.82 Å². The smallest absolute Gasteiger partial charge is 0.303 e. The molecule has 0 radical (unpaired) electrons. The molecule has 7 heteroatoms. The van der Waals surface area contributed by atoms with Crippen molar-refractivity contribution in [2.75, 3.05) is 0 Å². The Hall–Kier alpha value is -0.0000000000000000555. The van der Waals surface area contributed by atoms with Gasteiger partial charge in [0, 0.05) is 0 Å². The van der Waals surface area contributed by atoms with Gasteiger partial charge in [-0.05, 0) is 0 Å². The topological polar surface area (TPSA) is 98.0 Å². The van der Waals surface area contributed by atoms with E-state index in [1.807, 2.05) is 0 Å². The number of halogens is 1. The minimum atomic E-state index is -4.64. The van der Waals surface area contributed by atoms with E-state index >= 15 is 0 Å². The second-order valence-electron chi connectivity index (χ2n) is 0.513. The summed E-state index contributed by atoms with van der Waals surface area (Å²) >= 11 is 0. The molecule has 0 heterocycles. The lowest BCUT2D eigenvalue weighted by Gasteiger charge is -1.82. The number of phosphoric acid groups is 1. The molecule has 0 saturated carbocycles. The van der Waals surface area contributed by atoms with E-state index in [9.17, 15) is 0 Å². The predicted molar refractivity (Wildman–Crippen MR) is 17.6 cm³/mol. The molecule has 0 unspecified atom stereocenters. The van der Waals surface area contributed by atoms with Crippen LogP contribution < -0.4 is 0 Å². The average Bonchev–Trinajstić information content (AvgIpc) is 1.36. The van der Waals surface area contributed by atoms with E-state index in [0.29, 0.717) is 0 Å². The van der Waals surface area contributed by atoms with E-state index in [2.05, 4.69) is 0 Å². The first-order valence-electron chi connectivity index (χ1n) is 0.952. The molecule has 0 aliphatic heterocycles. The zero-order valence-electron chi connectivity index (χ0n) is 3.02. The summed E-state index contributed by atoms with van der Waals surface area (Å²) in [7, 11) is -4.64. The largest absolute Gasteiger partial charge is 0.466 e. The predicted octanol–water partition coefficient (Wildman–Crippen LogP) is -1.07. The van der Waals surface area contributed by atoms with Gasteiger partial charge in [0.2, 0.25) is 0 Å². The Morgan fingerprint density at radius 2 is 1.14 bits per heavy atom. The lowest BCUT2D eigenvalue weighted by Crippen LogP contribution is -1.66. The van der Waals surface area contributed by atoms with Gasteiger partial charge in [0.15, 0.2) is 0 Å². The summed E-state index contributed by atoms with van der Waals surface area (Å²) in [5.74, 6) is 0. The van der Waals surface area contributed by atoms with E-state index in [-0.39, 0.29) is 0 Å². The maximum Gasteiger partial charge on any atom is 0.466 e. The molecule has 0 aliphatic carbocycles. The van der Waals surface area contributed by atoms with E-state index in [1.165, 1.54) is 0 Å². The van der Waals surface area contributed by atoms with Crippen LogP contribution in [0, 0.1) is 0 Å². The van der Waals surface area contributed by atoms with Crippen LogP contribution in [-0.4, -0.2) is 20.0 Å². The molecule has 0 bridgehead atoms. The molecule has 0 atom stereocenters. The SMILES string of the molecule is O=P(O)(O)O.OF. The quantitative estimate of drug-likeness (QED) is 0.316. The van der Waals surface area contributed by atoms with Crippen molar-refractivity contribution in [3.05, 3.63) is 0 Å². The Morgan fingerprint density at radius 1 is 1.14 bits per heavy atom. The van der Waals surface area contributed by atoms with Crippen LogP contribution in [0.25, 0.3) is 0 Å². The van der Waals surface area contributed by atoms with Crippen LogP contribution in [-0.2, 0) is 4.57 Å². The highest BCUT2D eigenvalue weighted by atomic mass is 31.2. The molecule has 0 aromatic rings. The Morgan fingerprint density at radius 3 is 1.14 bits per heavy atom. The Kier molecular flexibility index (Phi) is 6.00. The molecule has 0 amide bonds. The van der Waals surface area contributed by atoms with Crippen LogP contribution in [0.15, 0.2) is 0 Å². The number of hydrogen-bond donors (Lipinski definition) is 4. The maximum atomic E-state index is 8.88. The molecule has 7 heavy (non-hydrogen) atoms. The van der Waals surface area contributed by atoms with Gasteiger partial charge < -0.3 is 14.7 Å². The van der Waals surface area contributed by atoms with Crippen molar-refractivity contribution in [1.82, 2.24) is 0 Å². The minimum Gasteiger partial charge on any atom is -0.303 e. The third kappa shape index (κ3) is 31200000000000001530127419694907392. The van der Waals surface area contributed by atoms with Gasteiger partial charge in [0.25, 0.3) is 0 Å². The van der Waals surface area contributed by atoms with Crippen molar-refractivity contribution in [3.8, 4) is 0 Å². The highest BCUT2D eigenvalue weighted by Crippen LogP contribution is 2.25. The summed E-state index contributed by atoms with van der Waals surface area (Å²) in [6.07, 6.45) is 0. The highest BCUT2D eigenvalue weighted by Gasteiger charge is 2.00. The monoisotopic (exact) mass is 134 g/mol. The fraction of sp³-hybridized carbons (Fsp3) is 0. The van der Waals surface area contributed by atoms with Crippen LogP contribution in [0.3, 0.4) is 0 Å². The normalized spacial score (nSPS) is 9.29. The lowest BCUT2D eigenvalue weighted by atomic mass is 15.7. The van der Waals surface area contributed by atoms with Gasteiger partial charge in [-0.1, -0.05) is 4.53 Å². The first-order valence-corrected chi connectivity index (χ1v) is 2.52. The summed E-state index contributed by atoms with van der Waals surface area (Å²) in [5.41, 5.74) is 0. The zero-order valence-corrected chi connectivity index (χ0v) is 3.92. The molecule has 0 fully saturated rings. The van der Waals surface area contributed by atoms with Gasteiger partial charge in [-0.15, -0.1) is 0 Å². The standard InChI is InChI=1S/FHO.H3O4P/c1-2;1-5(2,3)4/h2H;(H3,1,2,3,4). The number of rotatable bonds is 0. The summed E-state index contributed by atoms with van der Waals surface area (Å²) in [6, 6.07) is 0. The van der Waals surface area contributed by atoms with Crippen molar-refractivity contribution in [3.63, 3.8) is 0 Å². The van der Waals surface area contributed by atoms with Gasteiger partial charge in [0.05, 0.1) is 0 Å². The van der Waals surface area contributed by atoms with E-state index in [0.717, 1.165) is 0 Å². The zero-order chi connectivity index (χ0) is 6.50. The van der Waals surface area contributed by atoms with Gasteiger partial charge in [-0.3, -0.25) is 0 Å². The van der Waals surface area contributed by atoms with Crippen molar-refractivity contribution < 1.29 is 29.1 Å². The second kappa shape index (κ2) is 4.17. The molecule has 0 aromatic carbocycles. The lowest BCUT2D eigenvalue weighted by molar-refractivity contribution is -0.0441. The second-order valence-corrected chi connectivity index (χ2v) is 1.54. The van der Waals surface area contributed by atoms with E-state index < -0.39 is 7.82 Å². The van der Waals surface area contributed by atoms with Gasteiger partial charge >= 0.3 is 7.82 Å². The van der Waals surface area contributed by atoms with E-state index in [1.54, 1.807) is 0 Å². The molecule has 0 rings (SSSR count). The van der Waals surface area contributed by atoms with Crippen LogP contribution in [0.5, 0.6) is 0 Å². The van der Waals surface area contributed by atoms with Crippen molar-refractivity contribution in [1.29, 1.82) is 0 Å². The summed E-state index contributed by atoms with van der Waals surface area (Å²) in [4.78, 5) is 21.6. The van der Waals surface area contributed by atoms with Crippen LogP contribution in [0.4, 0.5) is 4.53 Å². The van der Waals surface area contributed by atoms with Crippen molar-refractivity contribution in [2.24, 2.45) is 0 Å². The van der Waals surface area contributed by atoms with Gasteiger partial charge in [0.1, 0.15) is 0 Å². The molecule has 0 spiro atoms. The molecule has 5 nitrogen and oxygen atoms in total. The Bertz CT molecular complexity index is 54.2. The molecular formula is H4FO5P. The van der Waals surface area contributed by atoms with Crippen LogP contribution in [0.2, 0.25) is 0 Å². The van der Waals surface area contributed by atoms with Crippen LogP contribution >= 0.6 is 7.82 Å². The Labute approximate surface area is 38.2 Å². The van der Waals surface area contributed by atoms with Gasteiger partial charge in [-0.2, -0.15) is 0 Å². The van der Waals surface area contributed by atoms with Crippen molar-refractivity contribution in [2.45, 2.75) is 0 Å². The molecule has 0 aromatic heterocycles. The fourth-order valence-corrected chi connectivity index (χ4v) is 0. The fourth-order valence-electron chi connectivity index (χ4n) is 0. The summed E-state index contributed by atoms with van der Waals surface area (Å²) in [6.45, 7) is 0. The van der Waals surface area contributed by atoms with Crippen LogP contribution in [0.1, 0.15) is 0 Å². The van der Waals surface area contributed by atoms with Gasteiger partial charge in [-0.25, -0.2) is 9.88 Å². The summed E-state index contributed by atoms with van der Waals surface area (Å²) < 4.78 is 17.4. The highest BCUT2D eigenvalue weighted by molar-refractivity contribution is 7.45. The minimum absolute atomic E-state index is 4.64. The van der Waals surface area contributed by atoms with E-state index in [4.69, 9.17) is 29.1 Å². The third-order valence-electron chi connectivity index (χ3n) is 0. The summed E-state index contributed by atoms with van der Waals surface area (Å²) in [5, 5.41) is 5.50.